The zero-order valence-corrected chi connectivity index (χ0v) is 19.2. The molecule has 0 N–H and O–H groups in total. The van der Waals surface area contributed by atoms with Crippen molar-refractivity contribution in [3.8, 4) is 0 Å². The highest BCUT2D eigenvalue weighted by Gasteiger charge is 2.18. The maximum absolute atomic E-state index is 5.86. The van der Waals surface area contributed by atoms with Crippen molar-refractivity contribution in [2.75, 3.05) is 33.4 Å². The van der Waals surface area contributed by atoms with Crippen LogP contribution in [0.4, 0.5) is 0 Å². The van der Waals surface area contributed by atoms with E-state index in [1.165, 1.54) is 103 Å². The maximum atomic E-state index is 5.86. The van der Waals surface area contributed by atoms with Crippen molar-refractivity contribution in [1.82, 2.24) is 4.90 Å². The molecule has 0 bridgehead atoms. The van der Waals surface area contributed by atoms with Crippen LogP contribution in [0, 0.1) is 5.92 Å². The predicted molar refractivity (Wildman–Crippen MR) is 125 cm³/mol. The lowest BCUT2D eigenvalue weighted by Gasteiger charge is -2.10. The Hall–Kier alpha value is -0.600. The number of hydrogen-bond donors (Lipinski definition) is 0. The molecule has 0 saturated carbocycles. The monoisotopic (exact) mass is 391 g/mol. The van der Waals surface area contributed by atoms with E-state index in [2.05, 4.69) is 43.2 Å². The summed E-state index contributed by atoms with van der Waals surface area (Å²) in [5, 5.41) is 0. The van der Waals surface area contributed by atoms with Gasteiger partial charge in [0.25, 0.3) is 0 Å². The molecule has 0 unspecified atom stereocenters. The summed E-state index contributed by atoms with van der Waals surface area (Å²) < 4.78 is 5.86. The summed E-state index contributed by atoms with van der Waals surface area (Å²) in [5.74, 6) is 0.784. The van der Waals surface area contributed by atoms with Gasteiger partial charge in [-0.2, -0.15) is 0 Å². The average Bonchev–Trinajstić information content (AvgIpc) is 3.11. The molecule has 1 fully saturated rings. The maximum Gasteiger partial charge on any atom is 0.0506 e. The fourth-order valence-electron chi connectivity index (χ4n) is 3.96. The van der Waals surface area contributed by atoms with E-state index in [0.717, 1.165) is 25.6 Å². The molecule has 1 heterocycles. The van der Waals surface area contributed by atoms with Gasteiger partial charge in [0, 0.05) is 13.2 Å². The zero-order chi connectivity index (χ0) is 20.1. The molecule has 1 aliphatic rings. The number of rotatable bonds is 19. The largest absolute Gasteiger partial charge is 0.381 e. The first kappa shape index (κ1) is 25.4. The van der Waals surface area contributed by atoms with E-state index in [1.54, 1.807) is 0 Å². The molecular weight excluding hydrogens is 342 g/mol. The van der Waals surface area contributed by atoms with Crippen LogP contribution in [0.15, 0.2) is 24.3 Å². The van der Waals surface area contributed by atoms with Crippen molar-refractivity contribution in [2.24, 2.45) is 5.92 Å². The highest BCUT2D eigenvalue weighted by Crippen LogP contribution is 2.15. The van der Waals surface area contributed by atoms with Crippen molar-refractivity contribution in [2.45, 2.75) is 103 Å². The zero-order valence-electron chi connectivity index (χ0n) is 19.2. The van der Waals surface area contributed by atoms with E-state index < -0.39 is 0 Å². The summed E-state index contributed by atoms with van der Waals surface area (Å²) >= 11 is 0. The number of allylic oxidation sites excluding steroid dienone is 4. The van der Waals surface area contributed by atoms with Gasteiger partial charge in [-0.3, -0.25) is 0 Å². The van der Waals surface area contributed by atoms with Crippen LogP contribution in [0.1, 0.15) is 103 Å². The topological polar surface area (TPSA) is 12.5 Å². The normalized spacial score (nSPS) is 18.1. The van der Waals surface area contributed by atoms with Crippen molar-refractivity contribution >= 4 is 0 Å². The first-order valence-corrected chi connectivity index (χ1v) is 12.4. The quantitative estimate of drug-likeness (QED) is 0.166. The van der Waals surface area contributed by atoms with E-state index >= 15 is 0 Å². The Morgan fingerprint density at radius 1 is 0.786 bits per heavy atom. The Bertz CT molecular complexity index is 377. The lowest BCUT2D eigenvalue weighted by Crippen LogP contribution is -2.17. The summed E-state index contributed by atoms with van der Waals surface area (Å²) in [5.41, 5.74) is 0. The number of unbranched alkanes of at least 4 members (excludes halogenated alkanes) is 11. The van der Waals surface area contributed by atoms with Gasteiger partial charge in [-0.05, 0) is 64.5 Å². The van der Waals surface area contributed by atoms with Gasteiger partial charge in [0.2, 0.25) is 0 Å². The molecular formula is C26H49NO. The van der Waals surface area contributed by atoms with Crippen molar-refractivity contribution in [1.29, 1.82) is 0 Å². The Balaban J connectivity index is 1.71. The molecule has 164 valence electrons. The third-order valence-electron chi connectivity index (χ3n) is 5.83. The van der Waals surface area contributed by atoms with Crippen LogP contribution in [0.3, 0.4) is 0 Å². The second-order valence-electron chi connectivity index (χ2n) is 8.78. The Morgan fingerprint density at radius 2 is 1.39 bits per heavy atom. The molecule has 2 heteroatoms. The summed E-state index contributed by atoms with van der Waals surface area (Å²) in [4.78, 5) is 2.41. The molecule has 0 aromatic heterocycles. The van der Waals surface area contributed by atoms with Crippen LogP contribution in [-0.2, 0) is 4.74 Å². The van der Waals surface area contributed by atoms with Gasteiger partial charge in [0.1, 0.15) is 0 Å². The summed E-state index contributed by atoms with van der Waals surface area (Å²) in [6.45, 7) is 6.70. The van der Waals surface area contributed by atoms with Gasteiger partial charge in [-0.1, -0.05) is 82.6 Å². The smallest absolute Gasteiger partial charge is 0.0506 e. The first-order valence-electron chi connectivity index (χ1n) is 12.4. The van der Waals surface area contributed by atoms with Crippen molar-refractivity contribution in [3.63, 3.8) is 0 Å². The van der Waals surface area contributed by atoms with Crippen LogP contribution in [0.5, 0.6) is 0 Å². The number of likely N-dealkylation sites (tertiary alicyclic amines) is 1. The standard InChI is InChI=1S/C26H49NO/c1-3-4-5-6-7-8-9-10-11-12-13-14-15-16-17-18-19-20-23-28-25-26-21-22-27(2)24-26/h7-8,10-11,26H,3-6,9,12-25H2,1-2H3/b8-7-,11-10-/t26-/m0/s1. The molecule has 2 nitrogen and oxygen atoms in total. The van der Waals surface area contributed by atoms with Crippen molar-refractivity contribution in [3.05, 3.63) is 24.3 Å². The van der Waals surface area contributed by atoms with E-state index in [4.69, 9.17) is 4.74 Å². The molecule has 0 aromatic carbocycles. The van der Waals surface area contributed by atoms with Crippen LogP contribution in [-0.4, -0.2) is 38.3 Å². The molecule has 28 heavy (non-hydrogen) atoms. The van der Waals surface area contributed by atoms with Crippen LogP contribution in [0.25, 0.3) is 0 Å². The second kappa shape index (κ2) is 19.7. The molecule has 0 amide bonds. The molecule has 1 aliphatic heterocycles. The fraction of sp³-hybridized carbons (Fsp3) is 0.846. The van der Waals surface area contributed by atoms with Gasteiger partial charge >= 0.3 is 0 Å². The third-order valence-corrected chi connectivity index (χ3v) is 5.83. The SMILES string of the molecule is CCCCC/C=C\C/C=C\CCCCCCCCCCOC[C@H]1CCN(C)C1. The highest BCUT2D eigenvalue weighted by atomic mass is 16.5. The molecule has 0 spiro atoms. The number of ether oxygens (including phenoxy) is 1. The minimum absolute atomic E-state index is 0.784. The fourth-order valence-corrected chi connectivity index (χ4v) is 3.96. The summed E-state index contributed by atoms with van der Waals surface area (Å²) in [6, 6.07) is 0. The summed E-state index contributed by atoms with van der Waals surface area (Å²) in [6.07, 6.45) is 29.4. The van der Waals surface area contributed by atoms with Crippen LogP contribution < -0.4 is 0 Å². The molecule has 1 saturated heterocycles. The average molecular weight is 392 g/mol. The number of nitrogens with zero attached hydrogens (tertiary/aromatic N) is 1. The first-order chi connectivity index (χ1) is 13.8. The van der Waals surface area contributed by atoms with E-state index in [-0.39, 0.29) is 0 Å². The van der Waals surface area contributed by atoms with E-state index in [1.807, 2.05) is 0 Å². The van der Waals surface area contributed by atoms with Crippen LogP contribution in [0.2, 0.25) is 0 Å². The molecule has 0 radical (unpaired) electrons. The number of hydrogen-bond acceptors (Lipinski definition) is 2. The Kier molecular flexibility index (Phi) is 17.9. The van der Waals surface area contributed by atoms with E-state index in [0.29, 0.717) is 0 Å². The Labute approximate surface area is 176 Å². The predicted octanol–water partition coefficient (Wildman–Crippen LogP) is 7.55. The lowest BCUT2D eigenvalue weighted by atomic mass is 10.1. The van der Waals surface area contributed by atoms with Gasteiger partial charge in [-0.15, -0.1) is 0 Å². The minimum Gasteiger partial charge on any atom is -0.381 e. The molecule has 1 rings (SSSR count). The third kappa shape index (κ3) is 16.4. The van der Waals surface area contributed by atoms with Crippen LogP contribution >= 0.6 is 0 Å². The van der Waals surface area contributed by atoms with Gasteiger partial charge in [-0.25, -0.2) is 0 Å². The Morgan fingerprint density at radius 3 is 2.00 bits per heavy atom. The second-order valence-corrected chi connectivity index (χ2v) is 8.78. The molecule has 1 atom stereocenters. The van der Waals surface area contributed by atoms with Gasteiger partial charge in [0.05, 0.1) is 6.61 Å². The van der Waals surface area contributed by atoms with E-state index in [9.17, 15) is 0 Å². The molecule has 0 aliphatic carbocycles. The lowest BCUT2D eigenvalue weighted by molar-refractivity contribution is 0.0986. The highest BCUT2D eigenvalue weighted by molar-refractivity contribution is 4.92. The minimum atomic E-state index is 0.784. The molecule has 0 aromatic rings. The summed E-state index contributed by atoms with van der Waals surface area (Å²) in [7, 11) is 2.21. The van der Waals surface area contributed by atoms with Crippen molar-refractivity contribution < 1.29 is 4.74 Å². The van der Waals surface area contributed by atoms with Gasteiger partial charge < -0.3 is 9.64 Å². The van der Waals surface area contributed by atoms with Gasteiger partial charge in [0.15, 0.2) is 0 Å².